The summed E-state index contributed by atoms with van der Waals surface area (Å²) in [4.78, 5) is 4.42. The van der Waals surface area contributed by atoms with E-state index in [1.54, 1.807) is 0 Å². The molecular formula is C16H19N3O2. The van der Waals surface area contributed by atoms with Gasteiger partial charge in [-0.2, -0.15) is 4.98 Å². The number of benzene rings is 1. The highest BCUT2D eigenvalue weighted by molar-refractivity contribution is 5.81. The zero-order chi connectivity index (χ0) is 14.8. The summed E-state index contributed by atoms with van der Waals surface area (Å²) in [6.07, 6.45) is 2.03. The Morgan fingerprint density at radius 3 is 2.86 bits per heavy atom. The van der Waals surface area contributed by atoms with E-state index in [9.17, 15) is 0 Å². The van der Waals surface area contributed by atoms with E-state index in [4.69, 9.17) is 9.26 Å². The Balaban J connectivity index is 1.86. The number of ether oxygens (including phenoxy) is 1. The minimum absolute atomic E-state index is 0.251. The highest BCUT2D eigenvalue weighted by atomic mass is 16.5. The summed E-state index contributed by atoms with van der Waals surface area (Å²) in [5.41, 5.74) is 1.13. The first-order chi connectivity index (χ1) is 10.2. The lowest BCUT2D eigenvalue weighted by atomic mass is 10.2. The van der Waals surface area contributed by atoms with E-state index in [1.807, 2.05) is 39.1 Å². The van der Waals surface area contributed by atoms with Gasteiger partial charge in [0, 0.05) is 23.0 Å². The van der Waals surface area contributed by atoms with Crippen LogP contribution in [0.2, 0.25) is 0 Å². The van der Waals surface area contributed by atoms with Crippen molar-refractivity contribution in [2.75, 3.05) is 6.61 Å². The third-order valence-corrected chi connectivity index (χ3v) is 3.34. The van der Waals surface area contributed by atoms with Gasteiger partial charge in [-0.15, -0.1) is 0 Å². The fraction of sp³-hybridized carbons (Fsp3) is 0.375. The molecule has 3 aromatic rings. The van der Waals surface area contributed by atoms with Crippen molar-refractivity contribution in [3.63, 3.8) is 0 Å². The van der Waals surface area contributed by atoms with Crippen LogP contribution in [-0.2, 0) is 6.54 Å². The van der Waals surface area contributed by atoms with Gasteiger partial charge in [0.25, 0.3) is 0 Å². The SMILES string of the molecule is CCOc1ccc2c(ccn2Cc2noc(C(C)C)n2)c1. The molecule has 5 heteroatoms. The fourth-order valence-corrected chi connectivity index (χ4v) is 2.29. The van der Waals surface area contributed by atoms with Crippen molar-refractivity contribution in [2.45, 2.75) is 33.2 Å². The third kappa shape index (κ3) is 2.77. The zero-order valence-corrected chi connectivity index (χ0v) is 12.5. The zero-order valence-electron chi connectivity index (χ0n) is 12.5. The topological polar surface area (TPSA) is 53.1 Å². The predicted octanol–water partition coefficient (Wildman–Crippen LogP) is 3.59. The largest absolute Gasteiger partial charge is 0.494 e. The molecule has 0 bridgehead atoms. The van der Waals surface area contributed by atoms with Crippen LogP contribution in [0.25, 0.3) is 10.9 Å². The molecule has 0 spiro atoms. The van der Waals surface area contributed by atoms with Crippen LogP contribution in [-0.4, -0.2) is 21.3 Å². The summed E-state index contributed by atoms with van der Waals surface area (Å²) in [6, 6.07) is 8.16. The molecule has 0 unspecified atom stereocenters. The van der Waals surface area contributed by atoms with Crippen molar-refractivity contribution in [3.05, 3.63) is 42.2 Å². The average Bonchev–Trinajstić information content (AvgIpc) is 3.07. The van der Waals surface area contributed by atoms with Crippen molar-refractivity contribution >= 4 is 10.9 Å². The summed E-state index contributed by atoms with van der Waals surface area (Å²) in [7, 11) is 0. The standard InChI is InChI=1S/C16H19N3O2/c1-4-20-13-5-6-14-12(9-13)7-8-19(14)10-15-17-16(11(2)3)21-18-15/h5-9,11H,4,10H2,1-3H3. The van der Waals surface area contributed by atoms with Gasteiger partial charge >= 0.3 is 0 Å². The lowest BCUT2D eigenvalue weighted by molar-refractivity contribution is 0.340. The maximum atomic E-state index is 5.52. The molecule has 3 rings (SSSR count). The van der Waals surface area contributed by atoms with Crippen LogP contribution >= 0.6 is 0 Å². The molecule has 5 nitrogen and oxygen atoms in total. The van der Waals surface area contributed by atoms with Crippen molar-refractivity contribution in [2.24, 2.45) is 0 Å². The van der Waals surface area contributed by atoms with E-state index in [1.165, 1.54) is 0 Å². The van der Waals surface area contributed by atoms with Gasteiger partial charge in [-0.05, 0) is 31.2 Å². The molecule has 0 amide bonds. The first-order valence-electron chi connectivity index (χ1n) is 7.21. The van der Waals surface area contributed by atoms with Crippen LogP contribution < -0.4 is 4.74 Å². The highest BCUT2D eigenvalue weighted by Gasteiger charge is 2.11. The number of hydrogen-bond donors (Lipinski definition) is 0. The van der Waals surface area contributed by atoms with Gasteiger partial charge in [0.05, 0.1) is 13.2 Å². The Hall–Kier alpha value is -2.30. The van der Waals surface area contributed by atoms with Gasteiger partial charge in [0.15, 0.2) is 5.82 Å². The summed E-state index contributed by atoms with van der Waals surface area (Å²) in [5, 5.41) is 5.18. The molecule has 2 aromatic heterocycles. The molecule has 0 fully saturated rings. The predicted molar refractivity (Wildman–Crippen MR) is 80.6 cm³/mol. The first kappa shape index (κ1) is 13.7. The van der Waals surface area contributed by atoms with Crippen LogP contribution in [0.1, 0.15) is 38.4 Å². The van der Waals surface area contributed by atoms with E-state index in [0.717, 1.165) is 16.7 Å². The molecule has 0 atom stereocenters. The molecule has 0 aliphatic rings. The van der Waals surface area contributed by atoms with Crippen molar-refractivity contribution in [1.82, 2.24) is 14.7 Å². The molecule has 0 aliphatic carbocycles. The maximum Gasteiger partial charge on any atom is 0.229 e. The molecule has 0 N–H and O–H groups in total. The van der Waals surface area contributed by atoms with Gasteiger partial charge in [0.1, 0.15) is 5.75 Å². The first-order valence-corrected chi connectivity index (χ1v) is 7.21. The average molecular weight is 285 g/mol. The van der Waals surface area contributed by atoms with Crippen molar-refractivity contribution < 1.29 is 9.26 Å². The molecular weight excluding hydrogens is 266 g/mol. The lowest BCUT2D eigenvalue weighted by Crippen LogP contribution is -2.00. The Morgan fingerprint density at radius 2 is 2.14 bits per heavy atom. The van der Waals surface area contributed by atoms with Gasteiger partial charge in [-0.25, -0.2) is 0 Å². The second-order valence-corrected chi connectivity index (χ2v) is 5.30. The Labute approximate surface area is 123 Å². The monoisotopic (exact) mass is 285 g/mol. The molecule has 21 heavy (non-hydrogen) atoms. The van der Waals surface area contributed by atoms with Gasteiger partial charge < -0.3 is 13.8 Å². The second-order valence-electron chi connectivity index (χ2n) is 5.30. The maximum absolute atomic E-state index is 5.52. The van der Waals surface area contributed by atoms with Crippen LogP contribution in [0.5, 0.6) is 5.75 Å². The minimum Gasteiger partial charge on any atom is -0.494 e. The van der Waals surface area contributed by atoms with Crippen molar-refractivity contribution in [1.29, 1.82) is 0 Å². The molecule has 0 saturated carbocycles. The third-order valence-electron chi connectivity index (χ3n) is 3.34. The van der Waals surface area contributed by atoms with Gasteiger partial charge in [-0.3, -0.25) is 0 Å². The fourth-order valence-electron chi connectivity index (χ4n) is 2.29. The molecule has 0 saturated heterocycles. The molecule has 1 aromatic carbocycles. The molecule has 0 radical (unpaired) electrons. The van der Waals surface area contributed by atoms with E-state index in [0.29, 0.717) is 24.9 Å². The van der Waals surface area contributed by atoms with Crippen LogP contribution in [0.3, 0.4) is 0 Å². The van der Waals surface area contributed by atoms with E-state index < -0.39 is 0 Å². The number of aromatic nitrogens is 3. The van der Waals surface area contributed by atoms with Crippen LogP contribution in [0, 0.1) is 0 Å². The van der Waals surface area contributed by atoms with E-state index in [2.05, 4.69) is 26.8 Å². The number of fused-ring (bicyclic) bond motifs is 1. The minimum atomic E-state index is 0.251. The highest BCUT2D eigenvalue weighted by Crippen LogP contribution is 2.23. The van der Waals surface area contributed by atoms with Crippen LogP contribution in [0.4, 0.5) is 0 Å². The number of nitrogens with zero attached hydrogens (tertiary/aromatic N) is 3. The Kier molecular flexibility index (Phi) is 3.64. The van der Waals surface area contributed by atoms with Crippen molar-refractivity contribution in [3.8, 4) is 5.75 Å². The summed E-state index contributed by atoms with van der Waals surface area (Å²) in [6.45, 7) is 7.34. The molecule has 110 valence electrons. The normalized spacial score (nSPS) is 11.4. The Bertz CT molecular complexity index is 743. The summed E-state index contributed by atoms with van der Waals surface area (Å²) >= 11 is 0. The lowest BCUT2D eigenvalue weighted by Gasteiger charge is -2.05. The summed E-state index contributed by atoms with van der Waals surface area (Å²) in [5.74, 6) is 2.52. The Morgan fingerprint density at radius 1 is 1.29 bits per heavy atom. The quantitative estimate of drug-likeness (QED) is 0.718. The van der Waals surface area contributed by atoms with Gasteiger partial charge in [-0.1, -0.05) is 19.0 Å². The number of hydrogen-bond acceptors (Lipinski definition) is 4. The summed E-state index contributed by atoms with van der Waals surface area (Å²) < 4.78 is 12.9. The number of rotatable bonds is 5. The molecule has 0 aliphatic heterocycles. The van der Waals surface area contributed by atoms with E-state index in [-0.39, 0.29) is 5.92 Å². The molecule has 2 heterocycles. The second kappa shape index (κ2) is 5.60. The van der Waals surface area contributed by atoms with E-state index >= 15 is 0 Å². The van der Waals surface area contributed by atoms with Gasteiger partial charge in [0.2, 0.25) is 5.89 Å². The smallest absolute Gasteiger partial charge is 0.229 e. The van der Waals surface area contributed by atoms with Crippen LogP contribution in [0.15, 0.2) is 35.0 Å².